The second-order valence-electron chi connectivity index (χ2n) is 5.28. The van der Waals surface area contributed by atoms with Crippen molar-refractivity contribution in [1.82, 2.24) is 0 Å². The molecule has 0 spiro atoms. The molecule has 0 atom stereocenters. The molecule has 0 aromatic rings. The monoisotopic (exact) mass is 228 g/mol. The van der Waals surface area contributed by atoms with Crippen LogP contribution in [0.4, 0.5) is 0 Å². The molecule has 0 N–H and O–H groups in total. The fourth-order valence-corrected chi connectivity index (χ4v) is 1.83. The van der Waals surface area contributed by atoms with E-state index in [9.17, 15) is 4.79 Å². The Morgan fingerprint density at radius 3 is 2.31 bits per heavy atom. The summed E-state index contributed by atoms with van der Waals surface area (Å²) in [5.74, 6) is -0.0517. The van der Waals surface area contributed by atoms with Crippen molar-refractivity contribution in [1.29, 1.82) is 0 Å². The minimum Gasteiger partial charge on any atom is -0.466 e. The second kappa shape index (κ2) is 8.60. The van der Waals surface area contributed by atoms with Crippen LogP contribution in [0, 0.1) is 5.41 Å². The van der Waals surface area contributed by atoms with Crippen molar-refractivity contribution in [3.8, 4) is 0 Å². The predicted octanol–water partition coefficient (Wildman–Crippen LogP) is 4.33. The number of unbranched alkanes of at least 4 members (excludes halogenated alkanes) is 3. The molecule has 16 heavy (non-hydrogen) atoms. The summed E-state index contributed by atoms with van der Waals surface area (Å²) in [4.78, 5) is 11.2. The van der Waals surface area contributed by atoms with E-state index in [1.54, 1.807) is 0 Å². The van der Waals surface area contributed by atoms with E-state index >= 15 is 0 Å². The van der Waals surface area contributed by atoms with Gasteiger partial charge < -0.3 is 4.74 Å². The van der Waals surface area contributed by atoms with Crippen LogP contribution in [0.15, 0.2) is 0 Å². The van der Waals surface area contributed by atoms with Gasteiger partial charge in [-0.25, -0.2) is 0 Å². The lowest BCUT2D eigenvalue weighted by Gasteiger charge is -2.24. The summed E-state index contributed by atoms with van der Waals surface area (Å²) in [6.07, 6.45) is 7.93. The minimum absolute atomic E-state index is 0.0517. The zero-order chi connectivity index (χ0) is 12.4. The van der Waals surface area contributed by atoms with Crippen molar-refractivity contribution in [3.63, 3.8) is 0 Å². The molecule has 0 aliphatic heterocycles. The van der Waals surface area contributed by atoms with Crippen LogP contribution in [0.3, 0.4) is 0 Å². The highest BCUT2D eigenvalue weighted by Gasteiger charge is 2.19. The first-order valence-corrected chi connectivity index (χ1v) is 6.67. The van der Waals surface area contributed by atoms with Gasteiger partial charge in [-0.15, -0.1) is 0 Å². The van der Waals surface area contributed by atoms with Crippen LogP contribution < -0.4 is 0 Å². The number of esters is 1. The van der Waals surface area contributed by atoms with Gasteiger partial charge in [-0.05, 0) is 25.2 Å². The first-order chi connectivity index (χ1) is 7.52. The van der Waals surface area contributed by atoms with Gasteiger partial charge in [0.15, 0.2) is 0 Å². The summed E-state index contributed by atoms with van der Waals surface area (Å²) in [7, 11) is 0. The number of rotatable bonds is 9. The third-order valence-electron chi connectivity index (χ3n) is 3.02. The molecule has 0 radical (unpaired) electrons. The van der Waals surface area contributed by atoms with Gasteiger partial charge in [0.25, 0.3) is 0 Å². The zero-order valence-electron chi connectivity index (χ0n) is 11.5. The molecule has 0 aromatic heterocycles. The molecule has 2 heteroatoms. The van der Waals surface area contributed by atoms with Gasteiger partial charge in [0.2, 0.25) is 0 Å². The molecule has 2 nitrogen and oxygen atoms in total. The maximum atomic E-state index is 11.2. The van der Waals surface area contributed by atoms with Crippen molar-refractivity contribution in [2.45, 2.75) is 72.6 Å². The second-order valence-corrected chi connectivity index (χ2v) is 5.28. The van der Waals surface area contributed by atoms with E-state index in [0.717, 1.165) is 6.42 Å². The standard InChI is InChI=1S/C14H28O2/c1-5-7-8-9-11-14(3,4)12-10-13(15)16-6-2/h5-12H2,1-4H3. The highest BCUT2D eigenvalue weighted by molar-refractivity contribution is 5.69. The Kier molecular flexibility index (Phi) is 8.32. The van der Waals surface area contributed by atoms with Gasteiger partial charge in [0, 0.05) is 6.42 Å². The van der Waals surface area contributed by atoms with Crippen LogP contribution in [-0.2, 0) is 9.53 Å². The molecule has 96 valence electrons. The quantitative estimate of drug-likeness (QED) is 0.434. The molecule has 0 aromatic carbocycles. The smallest absolute Gasteiger partial charge is 0.305 e. The minimum atomic E-state index is -0.0517. The van der Waals surface area contributed by atoms with E-state index in [2.05, 4.69) is 20.8 Å². The molecule has 0 fully saturated rings. The molecule has 0 rings (SSSR count). The van der Waals surface area contributed by atoms with E-state index in [4.69, 9.17) is 4.74 Å². The molecular formula is C14H28O2. The molecule has 0 bridgehead atoms. The Hall–Kier alpha value is -0.530. The molecule has 0 unspecified atom stereocenters. The lowest BCUT2D eigenvalue weighted by Crippen LogP contribution is -2.15. The molecule has 0 saturated carbocycles. The van der Waals surface area contributed by atoms with Gasteiger partial charge in [-0.2, -0.15) is 0 Å². The molecule has 0 heterocycles. The Bertz CT molecular complexity index is 185. The van der Waals surface area contributed by atoms with Crippen molar-refractivity contribution < 1.29 is 9.53 Å². The summed E-state index contributed by atoms with van der Waals surface area (Å²) in [5, 5.41) is 0. The zero-order valence-corrected chi connectivity index (χ0v) is 11.5. The Balaban J connectivity index is 3.64. The molecule has 0 saturated heterocycles. The highest BCUT2D eigenvalue weighted by Crippen LogP contribution is 2.29. The van der Waals surface area contributed by atoms with Crippen molar-refractivity contribution in [2.24, 2.45) is 5.41 Å². The normalized spacial score (nSPS) is 11.5. The number of carbonyl (C=O) groups excluding carboxylic acids is 1. The summed E-state index contributed by atoms with van der Waals surface area (Å²) in [5.41, 5.74) is 0.278. The molecule has 0 aliphatic rings. The lowest BCUT2D eigenvalue weighted by molar-refractivity contribution is -0.143. The topological polar surface area (TPSA) is 26.3 Å². The first kappa shape index (κ1) is 15.5. The van der Waals surface area contributed by atoms with E-state index in [1.165, 1.54) is 32.1 Å². The van der Waals surface area contributed by atoms with Crippen molar-refractivity contribution in [2.75, 3.05) is 6.61 Å². The van der Waals surface area contributed by atoms with E-state index in [1.807, 2.05) is 6.92 Å². The van der Waals surface area contributed by atoms with Crippen molar-refractivity contribution in [3.05, 3.63) is 0 Å². The van der Waals surface area contributed by atoms with Gasteiger partial charge in [0.05, 0.1) is 6.61 Å². The molecule has 0 amide bonds. The Morgan fingerprint density at radius 1 is 1.06 bits per heavy atom. The van der Waals surface area contributed by atoms with Crippen LogP contribution in [0.25, 0.3) is 0 Å². The summed E-state index contributed by atoms with van der Waals surface area (Å²) < 4.78 is 4.94. The van der Waals surface area contributed by atoms with Gasteiger partial charge in [-0.1, -0.05) is 46.5 Å². The van der Waals surface area contributed by atoms with E-state index in [0.29, 0.717) is 13.0 Å². The fourth-order valence-electron chi connectivity index (χ4n) is 1.83. The average Bonchev–Trinajstić information content (AvgIpc) is 2.22. The fraction of sp³-hybridized carbons (Fsp3) is 0.929. The van der Waals surface area contributed by atoms with Crippen LogP contribution in [0.1, 0.15) is 72.6 Å². The summed E-state index contributed by atoms with van der Waals surface area (Å²) in [6.45, 7) is 9.08. The Morgan fingerprint density at radius 2 is 1.75 bits per heavy atom. The third-order valence-corrected chi connectivity index (χ3v) is 3.02. The van der Waals surface area contributed by atoms with Gasteiger partial charge in [-0.3, -0.25) is 4.79 Å². The average molecular weight is 228 g/mol. The summed E-state index contributed by atoms with van der Waals surface area (Å²) >= 11 is 0. The van der Waals surface area contributed by atoms with E-state index in [-0.39, 0.29) is 11.4 Å². The molecular weight excluding hydrogens is 200 g/mol. The number of ether oxygens (including phenoxy) is 1. The van der Waals surface area contributed by atoms with Crippen LogP contribution in [-0.4, -0.2) is 12.6 Å². The summed E-state index contributed by atoms with van der Waals surface area (Å²) in [6, 6.07) is 0. The van der Waals surface area contributed by atoms with E-state index < -0.39 is 0 Å². The van der Waals surface area contributed by atoms with Crippen LogP contribution >= 0.6 is 0 Å². The van der Waals surface area contributed by atoms with Gasteiger partial charge >= 0.3 is 5.97 Å². The lowest BCUT2D eigenvalue weighted by atomic mass is 9.82. The first-order valence-electron chi connectivity index (χ1n) is 6.67. The number of hydrogen-bond acceptors (Lipinski definition) is 2. The maximum Gasteiger partial charge on any atom is 0.305 e. The van der Waals surface area contributed by atoms with Gasteiger partial charge in [0.1, 0.15) is 0 Å². The SMILES string of the molecule is CCCCCCC(C)(C)CCC(=O)OCC. The predicted molar refractivity (Wildman–Crippen MR) is 68.4 cm³/mol. The third kappa shape index (κ3) is 8.75. The Labute approximate surface area is 101 Å². The van der Waals surface area contributed by atoms with Crippen molar-refractivity contribution >= 4 is 5.97 Å². The number of hydrogen-bond donors (Lipinski definition) is 0. The van der Waals surface area contributed by atoms with Crippen LogP contribution in [0.2, 0.25) is 0 Å². The number of carbonyl (C=O) groups is 1. The largest absolute Gasteiger partial charge is 0.466 e. The highest BCUT2D eigenvalue weighted by atomic mass is 16.5. The van der Waals surface area contributed by atoms with Crippen LogP contribution in [0.5, 0.6) is 0 Å². The molecule has 0 aliphatic carbocycles. The maximum absolute atomic E-state index is 11.2.